The summed E-state index contributed by atoms with van der Waals surface area (Å²) in [5, 5.41) is 22.8. The van der Waals surface area contributed by atoms with Crippen LogP contribution in [0.15, 0.2) is 51.5 Å². The highest BCUT2D eigenvalue weighted by Gasteiger charge is 2.12. The molecule has 0 saturated carbocycles. The van der Waals surface area contributed by atoms with E-state index in [0.29, 0.717) is 21.8 Å². The summed E-state index contributed by atoms with van der Waals surface area (Å²) in [5.74, 6) is 1.01. The highest BCUT2D eigenvalue weighted by molar-refractivity contribution is 9.10. The second kappa shape index (κ2) is 4.97. The lowest BCUT2D eigenvalue weighted by Crippen LogP contribution is -1.81. The lowest BCUT2D eigenvalue weighted by atomic mass is 10.2. The predicted molar refractivity (Wildman–Crippen MR) is 76.2 cm³/mol. The van der Waals surface area contributed by atoms with E-state index >= 15 is 0 Å². The lowest BCUT2D eigenvalue weighted by Gasteiger charge is -1.98. The molecule has 0 amide bonds. The normalized spacial score (nSPS) is 10.7. The van der Waals surface area contributed by atoms with Gasteiger partial charge in [-0.3, -0.25) is 0 Å². The SMILES string of the molecule is Oc1ccc(-c2noc(-c3ccc(Br)c(O)c3)n2)cc1. The van der Waals surface area contributed by atoms with Gasteiger partial charge in [0.2, 0.25) is 5.82 Å². The van der Waals surface area contributed by atoms with Crippen LogP contribution in [-0.2, 0) is 0 Å². The number of halogens is 1. The van der Waals surface area contributed by atoms with E-state index in [9.17, 15) is 10.2 Å². The van der Waals surface area contributed by atoms with Crippen molar-refractivity contribution in [3.8, 4) is 34.3 Å². The highest BCUT2D eigenvalue weighted by atomic mass is 79.9. The largest absolute Gasteiger partial charge is 0.508 e. The maximum Gasteiger partial charge on any atom is 0.258 e. The van der Waals surface area contributed by atoms with Gasteiger partial charge in [0.15, 0.2) is 0 Å². The van der Waals surface area contributed by atoms with E-state index < -0.39 is 0 Å². The topological polar surface area (TPSA) is 79.4 Å². The van der Waals surface area contributed by atoms with Crippen LogP contribution in [0.3, 0.4) is 0 Å². The van der Waals surface area contributed by atoms with Gasteiger partial charge in [-0.25, -0.2) is 0 Å². The molecule has 0 radical (unpaired) electrons. The molecule has 0 saturated heterocycles. The summed E-state index contributed by atoms with van der Waals surface area (Å²) in [6, 6.07) is 11.5. The van der Waals surface area contributed by atoms with E-state index in [1.807, 2.05) is 0 Å². The Labute approximate surface area is 122 Å². The second-order valence-electron chi connectivity index (χ2n) is 4.14. The maximum absolute atomic E-state index is 9.65. The minimum atomic E-state index is 0.104. The molecule has 0 spiro atoms. The molecule has 5 nitrogen and oxygen atoms in total. The average molecular weight is 333 g/mol. The molecule has 20 heavy (non-hydrogen) atoms. The first-order valence-corrected chi connectivity index (χ1v) is 6.55. The summed E-state index contributed by atoms with van der Waals surface area (Å²) >= 11 is 3.21. The van der Waals surface area contributed by atoms with Crippen molar-refractivity contribution < 1.29 is 14.7 Å². The number of nitrogens with zero attached hydrogens (tertiary/aromatic N) is 2. The molecular weight excluding hydrogens is 324 g/mol. The minimum absolute atomic E-state index is 0.104. The fourth-order valence-corrected chi connectivity index (χ4v) is 1.96. The third-order valence-electron chi connectivity index (χ3n) is 2.74. The van der Waals surface area contributed by atoms with Crippen LogP contribution in [0.5, 0.6) is 11.5 Å². The van der Waals surface area contributed by atoms with E-state index in [0.717, 1.165) is 5.56 Å². The first kappa shape index (κ1) is 12.7. The van der Waals surface area contributed by atoms with E-state index in [2.05, 4.69) is 26.1 Å². The zero-order valence-corrected chi connectivity index (χ0v) is 11.7. The van der Waals surface area contributed by atoms with Crippen LogP contribution in [0.25, 0.3) is 22.8 Å². The molecule has 1 aromatic heterocycles. The van der Waals surface area contributed by atoms with Crippen molar-refractivity contribution in [1.29, 1.82) is 0 Å². The van der Waals surface area contributed by atoms with Crippen LogP contribution in [0.2, 0.25) is 0 Å². The Morgan fingerprint density at radius 2 is 1.65 bits per heavy atom. The van der Waals surface area contributed by atoms with Crippen LogP contribution in [0, 0.1) is 0 Å². The highest BCUT2D eigenvalue weighted by Crippen LogP contribution is 2.30. The van der Waals surface area contributed by atoms with E-state index in [1.165, 1.54) is 6.07 Å². The monoisotopic (exact) mass is 332 g/mol. The van der Waals surface area contributed by atoms with Crippen LogP contribution in [0.4, 0.5) is 0 Å². The van der Waals surface area contributed by atoms with Gasteiger partial charge in [0.25, 0.3) is 5.89 Å². The number of hydrogen-bond donors (Lipinski definition) is 2. The van der Waals surface area contributed by atoms with Crippen molar-refractivity contribution in [3.63, 3.8) is 0 Å². The minimum Gasteiger partial charge on any atom is -0.508 e. The number of aromatic nitrogens is 2. The second-order valence-corrected chi connectivity index (χ2v) is 4.99. The molecule has 0 aliphatic heterocycles. The summed E-state index contributed by atoms with van der Waals surface area (Å²) in [6.45, 7) is 0. The Morgan fingerprint density at radius 3 is 2.35 bits per heavy atom. The fourth-order valence-electron chi connectivity index (χ4n) is 1.71. The summed E-state index contributed by atoms with van der Waals surface area (Å²) in [4.78, 5) is 4.27. The number of aromatic hydroxyl groups is 2. The third kappa shape index (κ3) is 2.37. The number of phenolic OH excluding ortho intramolecular Hbond substituents is 2. The molecule has 0 aliphatic carbocycles. The zero-order chi connectivity index (χ0) is 14.1. The van der Waals surface area contributed by atoms with Crippen LogP contribution < -0.4 is 0 Å². The van der Waals surface area contributed by atoms with Gasteiger partial charge < -0.3 is 14.7 Å². The molecule has 0 atom stereocenters. The molecule has 1 heterocycles. The first-order chi connectivity index (χ1) is 9.63. The standard InChI is InChI=1S/C14H9BrN2O3/c15-11-6-3-9(7-12(11)19)14-16-13(17-20-14)8-1-4-10(18)5-2-8/h1-7,18-19H. The molecule has 0 unspecified atom stereocenters. The Balaban J connectivity index is 1.97. The van der Waals surface area contributed by atoms with Crippen molar-refractivity contribution in [2.75, 3.05) is 0 Å². The van der Waals surface area contributed by atoms with Gasteiger partial charge >= 0.3 is 0 Å². The van der Waals surface area contributed by atoms with Crippen molar-refractivity contribution >= 4 is 15.9 Å². The van der Waals surface area contributed by atoms with Crippen molar-refractivity contribution in [2.45, 2.75) is 0 Å². The molecule has 3 rings (SSSR count). The van der Waals surface area contributed by atoms with Gasteiger partial charge in [0, 0.05) is 11.1 Å². The average Bonchev–Trinajstić information content (AvgIpc) is 2.92. The summed E-state index contributed by atoms with van der Waals surface area (Å²) in [5.41, 5.74) is 1.36. The van der Waals surface area contributed by atoms with Gasteiger partial charge in [-0.1, -0.05) is 5.16 Å². The summed E-state index contributed by atoms with van der Waals surface area (Å²) < 4.78 is 5.78. The van der Waals surface area contributed by atoms with Gasteiger partial charge in [0.1, 0.15) is 11.5 Å². The molecule has 6 heteroatoms. The smallest absolute Gasteiger partial charge is 0.258 e. The molecule has 0 bridgehead atoms. The van der Waals surface area contributed by atoms with E-state index in [4.69, 9.17) is 4.52 Å². The zero-order valence-electron chi connectivity index (χ0n) is 10.1. The Bertz CT molecular complexity index is 753. The van der Waals surface area contributed by atoms with Gasteiger partial charge in [-0.05, 0) is 58.4 Å². The molecule has 2 N–H and O–H groups in total. The number of hydrogen-bond acceptors (Lipinski definition) is 5. The van der Waals surface area contributed by atoms with Crippen LogP contribution >= 0.6 is 15.9 Å². The molecule has 100 valence electrons. The Kier molecular flexibility index (Phi) is 3.15. The van der Waals surface area contributed by atoms with Gasteiger partial charge in [0.05, 0.1) is 4.47 Å². The van der Waals surface area contributed by atoms with Crippen molar-refractivity contribution in [2.24, 2.45) is 0 Å². The quantitative estimate of drug-likeness (QED) is 0.749. The molecule has 0 aliphatic rings. The lowest BCUT2D eigenvalue weighted by molar-refractivity contribution is 0.431. The molecule has 2 aromatic carbocycles. The summed E-state index contributed by atoms with van der Waals surface area (Å²) in [7, 11) is 0. The van der Waals surface area contributed by atoms with E-state index in [1.54, 1.807) is 36.4 Å². The molecular formula is C14H9BrN2O3. The fraction of sp³-hybridized carbons (Fsp3) is 0. The predicted octanol–water partition coefficient (Wildman–Crippen LogP) is 3.58. The summed E-state index contributed by atoms with van der Waals surface area (Å²) in [6.07, 6.45) is 0. The van der Waals surface area contributed by atoms with Gasteiger partial charge in [-0.2, -0.15) is 4.98 Å². The third-order valence-corrected chi connectivity index (χ3v) is 3.42. The van der Waals surface area contributed by atoms with E-state index in [-0.39, 0.29) is 11.5 Å². The number of phenols is 2. The number of rotatable bonds is 2. The Morgan fingerprint density at radius 1 is 0.950 bits per heavy atom. The molecule has 3 aromatic rings. The van der Waals surface area contributed by atoms with Crippen molar-refractivity contribution in [3.05, 3.63) is 46.9 Å². The van der Waals surface area contributed by atoms with Crippen LogP contribution in [-0.4, -0.2) is 20.4 Å². The maximum atomic E-state index is 9.65. The van der Waals surface area contributed by atoms with Gasteiger partial charge in [-0.15, -0.1) is 0 Å². The van der Waals surface area contributed by atoms with Crippen molar-refractivity contribution in [1.82, 2.24) is 10.1 Å². The Hall–Kier alpha value is -2.34. The van der Waals surface area contributed by atoms with Crippen LogP contribution in [0.1, 0.15) is 0 Å². The molecule has 0 fully saturated rings. The first-order valence-electron chi connectivity index (χ1n) is 5.75. The number of benzene rings is 2.